The third kappa shape index (κ3) is 4.48. The molecule has 7 nitrogen and oxygen atoms in total. The number of carbonyl (C=O) groups is 1. The fourth-order valence-corrected chi connectivity index (χ4v) is 3.89. The third-order valence-electron chi connectivity index (χ3n) is 5.43. The number of ether oxygens (including phenoxy) is 1. The van der Waals surface area contributed by atoms with Crippen LogP contribution in [-0.4, -0.2) is 27.7 Å². The van der Waals surface area contributed by atoms with Crippen LogP contribution in [0.4, 0.5) is 5.82 Å². The molecule has 0 unspecified atom stereocenters. The van der Waals surface area contributed by atoms with E-state index in [0.717, 1.165) is 27.0 Å². The molecule has 0 aliphatic rings. The van der Waals surface area contributed by atoms with E-state index in [0.29, 0.717) is 5.82 Å². The Labute approximate surface area is 190 Å². The van der Waals surface area contributed by atoms with Crippen molar-refractivity contribution >= 4 is 11.8 Å². The van der Waals surface area contributed by atoms with Crippen LogP contribution in [0.25, 0.3) is 0 Å². The maximum atomic E-state index is 12.5. The van der Waals surface area contributed by atoms with Gasteiger partial charge in [0.2, 0.25) is 0 Å². The highest BCUT2D eigenvalue weighted by molar-refractivity contribution is 5.66. The summed E-state index contributed by atoms with van der Waals surface area (Å²) in [6.07, 6.45) is 1.43. The molecule has 0 amide bonds. The first-order valence-corrected chi connectivity index (χ1v) is 10.4. The van der Waals surface area contributed by atoms with Gasteiger partial charge in [0.1, 0.15) is 23.7 Å². The largest absolute Gasteiger partial charge is 0.497 e. The maximum Gasteiger partial charge on any atom is 0.350 e. The average Bonchev–Trinajstić information content (AvgIpc) is 2.85. The van der Waals surface area contributed by atoms with E-state index in [-0.39, 0.29) is 0 Å². The molecule has 0 spiro atoms. The van der Waals surface area contributed by atoms with Crippen LogP contribution in [0.1, 0.15) is 16.7 Å². The van der Waals surface area contributed by atoms with Gasteiger partial charge in [-0.05, 0) is 34.9 Å². The van der Waals surface area contributed by atoms with E-state index in [9.17, 15) is 9.59 Å². The summed E-state index contributed by atoms with van der Waals surface area (Å²) < 4.78 is 6.40. The highest BCUT2D eigenvalue weighted by Crippen LogP contribution is 2.40. The van der Waals surface area contributed by atoms with Crippen LogP contribution in [0.15, 0.2) is 102 Å². The van der Waals surface area contributed by atoms with Crippen LogP contribution in [-0.2, 0) is 16.9 Å². The Morgan fingerprint density at radius 1 is 0.909 bits per heavy atom. The van der Waals surface area contributed by atoms with Crippen LogP contribution in [0.2, 0.25) is 0 Å². The fourth-order valence-electron chi connectivity index (χ4n) is 3.89. The molecule has 2 N–H and O–H groups in total. The Morgan fingerprint density at radius 3 is 1.94 bits per heavy atom. The van der Waals surface area contributed by atoms with Crippen molar-refractivity contribution in [2.75, 3.05) is 12.4 Å². The summed E-state index contributed by atoms with van der Waals surface area (Å²) in [6, 6.07) is 29.1. The molecule has 0 aliphatic heterocycles. The molecular weight excluding hydrogens is 418 g/mol. The monoisotopic (exact) mass is 441 g/mol. The second-order valence-corrected chi connectivity index (χ2v) is 7.45. The summed E-state index contributed by atoms with van der Waals surface area (Å²) in [7, 11) is 1.62. The van der Waals surface area contributed by atoms with Crippen molar-refractivity contribution in [2.45, 2.75) is 12.1 Å². The lowest BCUT2D eigenvalue weighted by molar-refractivity contribution is -0.137. The summed E-state index contributed by atoms with van der Waals surface area (Å²) in [5.41, 5.74) is 1.27. The third-order valence-corrected chi connectivity index (χ3v) is 5.43. The molecule has 0 aliphatic carbocycles. The minimum atomic E-state index is -1.11. The van der Waals surface area contributed by atoms with Crippen molar-refractivity contribution < 1.29 is 14.6 Å². The summed E-state index contributed by atoms with van der Waals surface area (Å²) >= 11 is 0. The van der Waals surface area contributed by atoms with Gasteiger partial charge in [-0.15, -0.1) is 0 Å². The number of nitrogens with one attached hydrogen (secondary N) is 1. The molecule has 7 heteroatoms. The Bertz CT molecular complexity index is 1250. The molecule has 0 saturated carbocycles. The van der Waals surface area contributed by atoms with Gasteiger partial charge in [-0.1, -0.05) is 72.8 Å². The van der Waals surface area contributed by atoms with E-state index in [1.807, 2.05) is 84.9 Å². The highest BCUT2D eigenvalue weighted by atomic mass is 16.5. The minimum absolute atomic E-state index is 0.324. The number of aliphatic carboxylic acids is 1. The van der Waals surface area contributed by atoms with Gasteiger partial charge in [0, 0.05) is 6.20 Å². The molecule has 3 aromatic carbocycles. The smallest absolute Gasteiger partial charge is 0.350 e. The molecule has 1 aromatic heterocycles. The molecule has 0 fully saturated rings. The zero-order chi connectivity index (χ0) is 23.3. The zero-order valence-corrected chi connectivity index (χ0v) is 18.0. The standard InChI is InChI=1S/C26H23N3O4/c1-33-22-14-12-21(13-15-22)26(19-8-4-2-5-9-19,20-10-6-3-7-11-20)28-23-16-17-29(18-24(30)31)25(32)27-23/h2-17H,18H2,1H3,(H,30,31)(H,27,28,32). The van der Waals surface area contributed by atoms with Crippen molar-refractivity contribution in [2.24, 2.45) is 0 Å². The van der Waals surface area contributed by atoms with Crippen LogP contribution < -0.4 is 15.7 Å². The van der Waals surface area contributed by atoms with Gasteiger partial charge >= 0.3 is 11.7 Å². The molecule has 0 radical (unpaired) electrons. The van der Waals surface area contributed by atoms with Gasteiger partial charge in [-0.25, -0.2) is 4.79 Å². The molecule has 0 bridgehead atoms. The predicted molar refractivity (Wildman–Crippen MR) is 126 cm³/mol. The number of benzene rings is 3. The number of nitrogens with zero attached hydrogens (tertiary/aromatic N) is 2. The summed E-state index contributed by atoms with van der Waals surface area (Å²) in [5, 5.41) is 12.5. The van der Waals surface area contributed by atoms with Gasteiger partial charge in [0.05, 0.1) is 7.11 Å². The molecular formula is C26H23N3O4. The lowest BCUT2D eigenvalue weighted by Gasteiger charge is -2.37. The maximum absolute atomic E-state index is 12.5. The number of hydrogen-bond donors (Lipinski definition) is 2. The number of rotatable bonds is 8. The number of hydrogen-bond acceptors (Lipinski definition) is 5. The first-order chi connectivity index (χ1) is 16.0. The number of anilines is 1. The Hall–Kier alpha value is -4.39. The van der Waals surface area contributed by atoms with Gasteiger partial charge in [-0.2, -0.15) is 4.98 Å². The summed E-state index contributed by atoms with van der Waals surface area (Å²) in [5.74, 6) is -0.0610. The van der Waals surface area contributed by atoms with E-state index in [1.165, 1.54) is 6.20 Å². The first kappa shape index (κ1) is 21.8. The van der Waals surface area contributed by atoms with E-state index in [1.54, 1.807) is 13.2 Å². The highest BCUT2D eigenvalue weighted by Gasteiger charge is 2.37. The number of methoxy groups -OCH3 is 1. The van der Waals surface area contributed by atoms with Crippen molar-refractivity contribution in [1.82, 2.24) is 9.55 Å². The van der Waals surface area contributed by atoms with E-state index < -0.39 is 23.7 Å². The normalized spacial score (nSPS) is 11.1. The predicted octanol–water partition coefficient (Wildman–Crippen LogP) is 3.74. The van der Waals surface area contributed by atoms with E-state index in [4.69, 9.17) is 9.84 Å². The second-order valence-electron chi connectivity index (χ2n) is 7.45. The number of aromatic nitrogens is 2. The minimum Gasteiger partial charge on any atom is -0.497 e. The second kappa shape index (κ2) is 9.40. The van der Waals surface area contributed by atoms with Gasteiger partial charge < -0.3 is 15.2 Å². The lowest BCUT2D eigenvalue weighted by atomic mass is 9.77. The number of carboxylic acid groups (broad SMARTS) is 1. The SMILES string of the molecule is COc1ccc(C(Nc2ccn(CC(=O)O)c(=O)n2)(c2ccccc2)c2ccccc2)cc1. The number of carboxylic acids is 1. The summed E-state index contributed by atoms with van der Waals surface area (Å²) in [6.45, 7) is -0.451. The molecule has 33 heavy (non-hydrogen) atoms. The molecule has 0 atom stereocenters. The van der Waals surface area contributed by atoms with Crippen molar-refractivity contribution in [3.63, 3.8) is 0 Å². The Kier molecular flexibility index (Phi) is 6.22. The Morgan fingerprint density at radius 2 is 1.45 bits per heavy atom. The van der Waals surface area contributed by atoms with Gasteiger partial charge in [-0.3, -0.25) is 9.36 Å². The van der Waals surface area contributed by atoms with Crippen LogP contribution >= 0.6 is 0 Å². The van der Waals surface area contributed by atoms with Crippen molar-refractivity contribution in [3.05, 3.63) is 124 Å². The summed E-state index contributed by atoms with van der Waals surface area (Å²) in [4.78, 5) is 27.6. The lowest BCUT2D eigenvalue weighted by Crippen LogP contribution is -2.39. The van der Waals surface area contributed by atoms with Crippen LogP contribution in [0, 0.1) is 0 Å². The molecule has 4 rings (SSSR count). The van der Waals surface area contributed by atoms with Crippen LogP contribution in [0.5, 0.6) is 5.75 Å². The molecule has 0 saturated heterocycles. The van der Waals surface area contributed by atoms with E-state index in [2.05, 4.69) is 10.3 Å². The molecule has 4 aromatic rings. The first-order valence-electron chi connectivity index (χ1n) is 10.4. The molecule has 1 heterocycles. The topological polar surface area (TPSA) is 93.5 Å². The van der Waals surface area contributed by atoms with E-state index >= 15 is 0 Å². The average molecular weight is 441 g/mol. The zero-order valence-electron chi connectivity index (χ0n) is 18.0. The van der Waals surface area contributed by atoms with Crippen molar-refractivity contribution in [3.8, 4) is 5.75 Å². The van der Waals surface area contributed by atoms with Gasteiger partial charge in [0.25, 0.3) is 0 Å². The molecule has 166 valence electrons. The van der Waals surface area contributed by atoms with Crippen molar-refractivity contribution in [1.29, 1.82) is 0 Å². The quantitative estimate of drug-likeness (QED) is 0.405. The van der Waals surface area contributed by atoms with Crippen LogP contribution in [0.3, 0.4) is 0 Å². The van der Waals surface area contributed by atoms with Gasteiger partial charge in [0.15, 0.2) is 0 Å². The Balaban J connectivity index is 1.92. The fraction of sp³-hybridized carbons (Fsp3) is 0.115.